The molecule has 2 rings (SSSR count). The van der Waals surface area contributed by atoms with Crippen LogP contribution in [0, 0.1) is 6.92 Å². The minimum absolute atomic E-state index is 0.497. The van der Waals surface area contributed by atoms with Crippen molar-refractivity contribution < 1.29 is 4.74 Å². The van der Waals surface area contributed by atoms with Crippen molar-refractivity contribution in [1.29, 1.82) is 0 Å². The van der Waals surface area contributed by atoms with Gasteiger partial charge in [-0.2, -0.15) is 0 Å². The lowest BCUT2D eigenvalue weighted by Crippen LogP contribution is -2.13. The van der Waals surface area contributed by atoms with E-state index in [2.05, 4.69) is 27.6 Å². The van der Waals surface area contributed by atoms with Crippen molar-refractivity contribution in [1.82, 2.24) is 15.3 Å². The van der Waals surface area contributed by atoms with Gasteiger partial charge in [0, 0.05) is 18.1 Å². The van der Waals surface area contributed by atoms with Gasteiger partial charge in [0.1, 0.15) is 17.4 Å². The average molecular weight is 277 g/mol. The van der Waals surface area contributed by atoms with Crippen molar-refractivity contribution in [3.05, 3.63) is 40.1 Å². The summed E-state index contributed by atoms with van der Waals surface area (Å²) in [6, 6.07) is 3.81. The van der Waals surface area contributed by atoms with Gasteiger partial charge in [0.05, 0.1) is 11.4 Å². The fourth-order valence-electron chi connectivity index (χ4n) is 1.64. The van der Waals surface area contributed by atoms with Crippen molar-refractivity contribution >= 4 is 11.3 Å². The average Bonchev–Trinajstić information content (AvgIpc) is 2.86. The molecule has 0 fully saturated rings. The molecule has 0 aliphatic carbocycles. The van der Waals surface area contributed by atoms with Gasteiger partial charge >= 0.3 is 0 Å². The van der Waals surface area contributed by atoms with E-state index in [1.54, 1.807) is 17.5 Å². The number of nitrogens with zero attached hydrogens (tertiary/aromatic N) is 2. The highest BCUT2D eigenvalue weighted by Gasteiger charge is 2.04. The molecule has 0 aliphatic rings. The van der Waals surface area contributed by atoms with Crippen LogP contribution in [0.15, 0.2) is 23.7 Å². The maximum atomic E-state index is 5.72. The van der Waals surface area contributed by atoms with Crippen LogP contribution in [0.25, 0.3) is 0 Å². The van der Waals surface area contributed by atoms with Crippen LogP contribution in [0.1, 0.15) is 29.7 Å². The summed E-state index contributed by atoms with van der Waals surface area (Å²) in [4.78, 5) is 8.73. The zero-order valence-electron chi connectivity index (χ0n) is 11.3. The summed E-state index contributed by atoms with van der Waals surface area (Å²) in [7, 11) is 0. The molecule has 2 aromatic heterocycles. The van der Waals surface area contributed by atoms with E-state index in [1.807, 2.05) is 19.1 Å². The van der Waals surface area contributed by atoms with Crippen LogP contribution < -0.4 is 10.1 Å². The maximum absolute atomic E-state index is 5.72. The summed E-state index contributed by atoms with van der Waals surface area (Å²) >= 11 is 1.67. The van der Waals surface area contributed by atoms with Crippen LogP contribution in [0.3, 0.4) is 0 Å². The molecule has 0 saturated heterocycles. The van der Waals surface area contributed by atoms with Gasteiger partial charge in [0.25, 0.3) is 0 Å². The van der Waals surface area contributed by atoms with Gasteiger partial charge in [0.2, 0.25) is 0 Å². The SMILES string of the molecule is CCCNCc1nc(COc2cccnc2C)cs1. The van der Waals surface area contributed by atoms with Gasteiger partial charge in [-0.3, -0.25) is 4.98 Å². The number of pyridine rings is 1. The Balaban J connectivity index is 1.85. The molecule has 4 nitrogen and oxygen atoms in total. The van der Waals surface area contributed by atoms with E-state index in [0.29, 0.717) is 6.61 Å². The van der Waals surface area contributed by atoms with Crippen molar-refractivity contribution in [2.75, 3.05) is 6.54 Å². The standard InChI is InChI=1S/C14H19N3OS/c1-3-6-15-8-14-17-12(10-19-14)9-18-13-5-4-7-16-11(13)2/h4-5,7,10,15H,3,6,8-9H2,1-2H3. The Morgan fingerprint density at radius 1 is 1.42 bits per heavy atom. The molecule has 5 heteroatoms. The first-order chi connectivity index (χ1) is 9.29. The number of ether oxygens (including phenoxy) is 1. The second-order valence-corrected chi connectivity index (χ2v) is 5.23. The normalized spacial score (nSPS) is 10.6. The predicted molar refractivity (Wildman–Crippen MR) is 77.4 cm³/mol. The summed E-state index contributed by atoms with van der Waals surface area (Å²) in [5, 5.41) is 6.50. The van der Waals surface area contributed by atoms with E-state index in [1.165, 1.54) is 0 Å². The summed E-state index contributed by atoms with van der Waals surface area (Å²) < 4.78 is 5.72. The van der Waals surface area contributed by atoms with Crippen molar-refractivity contribution in [3.8, 4) is 5.75 Å². The van der Waals surface area contributed by atoms with Gasteiger partial charge in [-0.05, 0) is 32.0 Å². The molecule has 2 aromatic rings. The molecular formula is C14H19N3OS. The number of rotatable bonds is 7. The molecule has 0 saturated carbocycles. The zero-order valence-corrected chi connectivity index (χ0v) is 12.2. The van der Waals surface area contributed by atoms with Gasteiger partial charge in [-0.15, -0.1) is 11.3 Å². The lowest BCUT2D eigenvalue weighted by Gasteiger charge is -2.05. The van der Waals surface area contributed by atoms with Crippen molar-refractivity contribution in [2.45, 2.75) is 33.4 Å². The first-order valence-corrected chi connectivity index (χ1v) is 7.36. The molecule has 102 valence electrons. The van der Waals surface area contributed by atoms with Crippen LogP contribution in [-0.2, 0) is 13.2 Å². The predicted octanol–water partition coefficient (Wildman–Crippen LogP) is 2.93. The van der Waals surface area contributed by atoms with Crippen LogP contribution in [0.4, 0.5) is 0 Å². The number of nitrogens with one attached hydrogen (secondary N) is 1. The van der Waals surface area contributed by atoms with Gasteiger partial charge in [0.15, 0.2) is 0 Å². The molecule has 2 heterocycles. The minimum Gasteiger partial charge on any atom is -0.485 e. The van der Waals surface area contributed by atoms with E-state index in [4.69, 9.17) is 4.74 Å². The Hall–Kier alpha value is -1.46. The second kappa shape index (κ2) is 7.21. The third-order valence-corrected chi connectivity index (χ3v) is 3.53. The smallest absolute Gasteiger partial charge is 0.141 e. The quantitative estimate of drug-likeness (QED) is 0.790. The molecular weight excluding hydrogens is 258 g/mol. The molecule has 0 atom stereocenters. The first kappa shape index (κ1) is 14.0. The second-order valence-electron chi connectivity index (χ2n) is 4.28. The van der Waals surface area contributed by atoms with Crippen molar-refractivity contribution in [2.24, 2.45) is 0 Å². The molecule has 0 amide bonds. The van der Waals surface area contributed by atoms with Crippen molar-refractivity contribution in [3.63, 3.8) is 0 Å². The Morgan fingerprint density at radius 3 is 3.11 bits per heavy atom. The van der Waals surface area contributed by atoms with E-state index in [-0.39, 0.29) is 0 Å². The highest BCUT2D eigenvalue weighted by atomic mass is 32.1. The summed E-state index contributed by atoms with van der Waals surface area (Å²) in [5.74, 6) is 0.821. The molecule has 1 N–H and O–H groups in total. The molecule has 0 radical (unpaired) electrons. The monoisotopic (exact) mass is 277 g/mol. The molecule has 0 aliphatic heterocycles. The largest absolute Gasteiger partial charge is 0.485 e. The highest BCUT2D eigenvalue weighted by molar-refractivity contribution is 7.09. The van der Waals surface area contributed by atoms with Gasteiger partial charge < -0.3 is 10.1 Å². The lowest BCUT2D eigenvalue weighted by molar-refractivity contribution is 0.298. The maximum Gasteiger partial charge on any atom is 0.141 e. The van der Waals surface area contributed by atoms with Gasteiger partial charge in [-0.25, -0.2) is 4.98 Å². The molecule has 19 heavy (non-hydrogen) atoms. The minimum atomic E-state index is 0.497. The Morgan fingerprint density at radius 2 is 2.32 bits per heavy atom. The Bertz CT molecular complexity index is 513. The third kappa shape index (κ3) is 4.29. The number of thiazole rings is 1. The van der Waals surface area contributed by atoms with Crippen LogP contribution >= 0.6 is 11.3 Å². The van der Waals surface area contributed by atoms with E-state index in [0.717, 1.165) is 41.7 Å². The number of aryl methyl sites for hydroxylation is 1. The van der Waals surface area contributed by atoms with E-state index < -0.39 is 0 Å². The molecule has 0 bridgehead atoms. The summed E-state index contributed by atoms with van der Waals surface area (Å²) in [6.45, 7) is 6.46. The van der Waals surface area contributed by atoms with Gasteiger partial charge in [-0.1, -0.05) is 6.92 Å². The number of hydrogen-bond acceptors (Lipinski definition) is 5. The molecule has 0 spiro atoms. The number of hydrogen-bond donors (Lipinski definition) is 1. The number of aromatic nitrogens is 2. The Labute approximate surface area is 117 Å². The molecule has 0 unspecified atom stereocenters. The Kier molecular flexibility index (Phi) is 5.30. The topological polar surface area (TPSA) is 47.0 Å². The first-order valence-electron chi connectivity index (χ1n) is 6.48. The van der Waals surface area contributed by atoms with E-state index in [9.17, 15) is 0 Å². The van der Waals surface area contributed by atoms with E-state index >= 15 is 0 Å². The summed E-state index contributed by atoms with van der Waals surface area (Å²) in [6.07, 6.45) is 2.91. The van der Waals surface area contributed by atoms with Crippen LogP contribution in [-0.4, -0.2) is 16.5 Å². The third-order valence-electron chi connectivity index (χ3n) is 2.64. The molecule has 0 aromatic carbocycles. The lowest BCUT2D eigenvalue weighted by atomic mass is 10.3. The fourth-order valence-corrected chi connectivity index (χ4v) is 2.39. The highest BCUT2D eigenvalue weighted by Crippen LogP contribution is 2.16. The van der Waals surface area contributed by atoms with Crippen LogP contribution in [0.2, 0.25) is 0 Å². The fraction of sp³-hybridized carbons (Fsp3) is 0.429. The van der Waals surface area contributed by atoms with Crippen LogP contribution in [0.5, 0.6) is 5.75 Å². The zero-order chi connectivity index (χ0) is 13.5. The summed E-state index contributed by atoms with van der Waals surface area (Å²) in [5.41, 5.74) is 1.88.